The molecule has 1 amide bonds. The van der Waals surface area contributed by atoms with Crippen molar-refractivity contribution in [3.05, 3.63) is 53.6 Å². The molecule has 172 valence electrons. The number of fused-ring (bicyclic) bond motifs is 2. The van der Waals surface area contributed by atoms with Crippen LogP contribution in [-0.4, -0.2) is 35.1 Å². The molecule has 1 heterocycles. The first-order chi connectivity index (χ1) is 15.6. The molecule has 1 aliphatic heterocycles. The molecule has 4 rings (SSSR count). The Kier molecular flexibility index (Phi) is 6.00. The zero-order chi connectivity index (χ0) is 23.9. The summed E-state index contributed by atoms with van der Waals surface area (Å²) < 4.78 is 6.18. The number of ketones is 1. The monoisotopic (exact) mass is 445 g/mol. The van der Waals surface area contributed by atoms with Crippen molar-refractivity contribution in [2.75, 3.05) is 6.54 Å². The van der Waals surface area contributed by atoms with Gasteiger partial charge in [0.2, 0.25) is 5.91 Å². The van der Waals surface area contributed by atoms with Gasteiger partial charge in [0, 0.05) is 36.3 Å². The lowest BCUT2D eigenvalue weighted by Crippen LogP contribution is -2.41. The van der Waals surface area contributed by atoms with E-state index in [2.05, 4.69) is 24.3 Å². The molecule has 5 heteroatoms. The number of nitrogens with zero attached hydrogens (tertiary/aromatic N) is 1. The molecule has 3 aromatic carbocycles. The summed E-state index contributed by atoms with van der Waals surface area (Å²) in [5.74, 6) is 0.0468. The highest BCUT2D eigenvalue weighted by Gasteiger charge is 2.36. The van der Waals surface area contributed by atoms with Gasteiger partial charge in [0.25, 0.3) is 0 Å². The molecular weight excluding hydrogens is 414 g/mol. The van der Waals surface area contributed by atoms with E-state index in [9.17, 15) is 14.4 Å². The van der Waals surface area contributed by atoms with E-state index in [0.29, 0.717) is 25.1 Å². The van der Waals surface area contributed by atoms with E-state index in [1.165, 1.54) is 6.92 Å². The molecule has 0 aromatic heterocycles. The number of ether oxygens (including phenoxy) is 1. The van der Waals surface area contributed by atoms with Gasteiger partial charge >= 0.3 is 5.97 Å². The lowest BCUT2D eigenvalue weighted by molar-refractivity contribution is -0.145. The standard InChI is InChI=1S/C28H31NO4/c1-17-13-22-14-20-9-6-7-10-21(20)15-23(22)26(25(17)28(4,5)16-18(2)30)33-27(32)24-11-8-12-29(24)19(3)31/h6-7,9-10,13-15,24H,8,11-12,16H2,1-5H3. The maximum Gasteiger partial charge on any atom is 0.334 e. The van der Waals surface area contributed by atoms with E-state index in [1.807, 2.05) is 39.0 Å². The second kappa shape index (κ2) is 8.62. The van der Waals surface area contributed by atoms with Crippen molar-refractivity contribution in [1.29, 1.82) is 0 Å². The second-order valence-corrected chi connectivity index (χ2v) is 9.87. The summed E-state index contributed by atoms with van der Waals surface area (Å²) in [7, 11) is 0. The Labute approximate surface area is 194 Å². The first-order valence-corrected chi connectivity index (χ1v) is 11.5. The lowest BCUT2D eigenvalue weighted by atomic mass is 9.76. The normalized spacial score (nSPS) is 16.4. The molecule has 3 aromatic rings. The molecule has 5 nitrogen and oxygen atoms in total. The van der Waals surface area contributed by atoms with Gasteiger partial charge in [-0.3, -0.25) is 9.59 Å². The van der Waals surface area contributed by atoms with Crippen LogP contribution in [0.15, 0.2) is 42.5 Å². The van der Waals surface area contributed by atoms with Crippen LogP contribution in [0.1, 0.15) is 58.1 Å². The maximum atomic E-state index is 13.4. The molecule has 0 spiro atoms. The van der Waals surface area contributed by atoms with Gasteiger partial charge in [-0.2, -0.15) is 0 Å². The van der Waals surface area contributed by atoms with Crippen molar-refractivity contribution in [2.24, 2.45) is 0 Å². The predicted octanol–water partition coefficient (Wildman–Crippen LogP) is 5.47. The van der Waals surface area contributed by atoms with Gasteiger partial charge in [-0.05, 0) is 60.5 Å². The highest BCUT2D eigenvalue weighted by molar-refractivity contribution is 6.03. The summed E-state index contributed by atoms with van der Waals surface area (Å²) in [6.45, 7) is 9.66. The third-order valence-electron chi connectivity index (χ3n) is 6.66. The average Bonchev–Trinajstić information content (AvgIpc) is 3.21. The molecule has 0 radical (unpaired) electrons. The van der Waals surface area contributed by atoms with Gasteiger partial charge < -0.3 is 9.64 Å². The van der Waals surface area contributed by atoms with Gasteiger partial charge in [-0.1, -0.05) is 44.2 Å². The van der Waals surface area contributed by atoms with E-state index in [0.717, 1.165) is 39.1 Å². The molecular formula is C28H31NO4. The highest BCUT2D eigenvalue weighted by atomic mass is 16.5. The van der Waals surface area contributed by atoms with E-state index >= 15 is 0 Å². The summed E-state index contributed by atoms with van der Waals surface area (Å²) in [5, 5.41) is 3.97. The number of likely N-dealkylation sites (tertiary alicyclic amines) is 1. The molecule has 0 aliphatic carbocycles. The minimum atomic E-state index is -0.581. The van der Waals surface area contributed by atoms with Crippen molar-refractivity contribution in [3.63, 3.8) is 0 Å². The zero-order valence-corrected chi connectivity index (χ0v) is 20.0. The topological polar surface area (TPSA) is 63.7 Å². The Morgan fingerprint density at radius 1 is 1.03 bits per heavy atom. The van der Waals surface area contributed by atoms with Crippen LogP contribution in [0.5, 0.6) is 5.75 Å². The van der Waals surface area contributed by atoms with Crippen molar-refractivity contribution >= 4 is 39.2 Å². The zero-order valence-electron chi connectivity index (χ0n) is 20.0. The third-order valence-corrected chi connectivity index (χ3v) is 6.66. The first-order valence-electron chi connectivity index (χ1n) is 11.5. The molecule has 1 unspecified atom stereocenters. The fraction of sp³-hybridized carbons (Fsp3) is 0.393. The fourth-order valence-corrected chi connectivity index (χ4v) is 5.41. The summed E-state index contributed by atoms with van der Waals surface area (Å²) >= 11 is 0. The number of hydrogen-bond donors (Lipinski definition) is 0. The number of hydrogen-bond acceptors (Lipinski definition) is 4. The van der Waals surface area contributed by atoms with Gasteiger partial charge in [-0.25, -0.2) is 4.79 Å². The average molecular weight is 446 g/mol. The smallest absolute Gasteiger partial charge is 0.334 e. The molecule has 1 saturated heterocycles. The maximum absolute atomic E-state index is 13.4. The van der Waals surface area contributed by atoms with Crippen LogP contribution < -0.4 is 4.74 Å². The molecule has 1 fully saturated rings. The van der Waals surface area contributed by atoms with Crippen LogP contribution in [0.3, 0.4) is 0 Å². The Balaban J connectivity index is 1.92. The van der Waals surface area contributed by atoms with Crippen LogP contribution in [0.25, 0.3) is 21.5 Å². The van der Waals surface area contributed by atoms with Gasteiger partial charge in [0.05, 0.1) is 0 Å². The van der Waals surface area contributed by atoms with Crippen molar-refractivity contribution < 1.29 is 19.1 Å². The Morgan fingerprint density at radius 3 is 2.33 bits per heavy atom. The number of amides is 1. The van der Waals surface area contributed by atoms with Gasteiger partial charge in [0.15, 0.2) is 0 Å². The molecule has 0 bridgehead atoms. The van der Waals surface area contributed by atoms with E-state index in [-0.39, 0.29) is 11.7 Å². The molecule has 33 heavy (non-hydrogen) atoms. The Bertz CT molecular complexity index is 1270. The quantitative estimate of drug-likeness (QED) is 0.297. The predicted molar refractivity (Wildman–Crippen MR) is 131 cm³/mol. The second-order valence-electron chi connectivity index (χ2n) is 9.87. The Hall–Kier alpha value is -3.21. The van der Waals surface area contributed by atoms with Crippen LogP contribution in [0.4, 0.5) is 0 Å². The number of benzene rings is 3. The van der Waals surface area contributed by atoms with Crippen LogP contribution in [0, 0.1) is 6.92 Å². The number of carbonyl (C=O) groups is 3. The first kappa shape index (κ1) is 23.0. The van der Waals surface area contributed by atoms with Crippen LogP contribution in [0.2, 0.25) is 0 Å². The number of carbonyl (C=O) groups excluding carboxylic acids is 3. The van der Waals surface area contributed by atoms with Crippen LogP contribution >= 0.6 is 0 Å². The summed E-state index contributed by atoms with van der Waals surface area (Å²) in [6.07, 6.45) is 1.71. The number of esters is 1. The molecule has 0 N–H and O–H groups in total. The van der Waals surface area contributed by atoms with Crippen molar-refractivity contribution in [1.82, 2.24) is 4.90 Å². The summed E-state index contributed by atoms with van der Waals surface area (Å²) in [6, 6.07) is 13.8. The molecule has 1 atom stereocenters. The minimum Gasteiger partial charge on any atom is -0.424 e. The van der Waals surface area contributed by atoms with Crippen molar-refractivity contribution in [2.45, 2.75) is 65.3 Å². The largest absolute Gasteiger partial charge is 0.424 e. The highest BCUT2D eigenvalue weighted by Crippen LogP contribution is 2.43. The lowest BCUT2D eigenvalue weighted by Gasteiger charge is -2.30. The van der Waals surface area contributed by atoms with E-state index in [4.69, 9.17) is 4.74 Å². The third kappa shape index (κ3) is 4.37. The SMILES string of the molecule is CC(=O)CC(C)(C)c1c(C)cc2cc3ccccc3cc2c1OC(=O)C1CCCN1C(C)=O. The van der Waals surface area contributed by atoms with E-state index in [1.54, 1.807) is 11.8 Å². The number of aryl methyl sites for hydroxylation is 1. The van der Waals surface area contributed by atoms with Crippen LogP contribution in [-0.2, 0) is 19.8 Å². The summed E-state index contributed by atoms with van der Waals surface area (Å²) in [4.78, 5) is 39.1. The minimum absolute atomic E-state index is 0.0776. The number of rotatable bonds is 5. The van der Waals surface area contributed by atoms with Gasteiger partial charge in [0.1, 0.15) is 17.6 Å². The van der Waals surface area contributed by atoms with Crippen molar-refractivity contribution in [3.8, 4) is 5.75 Å². The molecule has 0 saturated carbocycles. The summed E-state index contributed by atoms with van der Waals surface area (Å²) in [5.41, 5.74) is 1.31. The fourth-order valence-electron chi connectivity index (χ4n) is 5.41. The van der Waals surface area contributed by atoms with Gasteiger partial charge in [-0.15, -0.1) is 0 Å². The Morgan fingerprint density at radius 2 is 1.70 bits per heavy atom. The van der Waals surface area contributed by atoms with E-state index < -0.39 is 17.4 Å². The molecule has 1 aliphatic rings. The number of Topliss-reactive ketones (excluding diaryl/α,β-unsaturated/α-hetero) is 1.